The van der Waals surface area contributed by atoms with Crippen molar-refractivity contribution in [3.63, 3.8) is 0 Å². The summed E-state index contributed by atoms with van der Waals surface area (Å²) in [5.41, 5.74) is 10.0. The molecule has 0 amide bonds. The lowest BCUT2D eigenvalue weighted by atomic mass is 10.0. The van der Waals surface area contributed by atoms with Gasteiger partial charge in [0.1, 0.15) is 0 Å². The van der Waals surface area contributed by atoms with Crippen LogP contribution in [0.15, 0.2) is 121 Å². The van der Waals surface area contributed by atoms with Crippen LogP contribution in [0.5, 0.6) is 0 Å². The predicted molar refractivity (Wildman–Crippen MR) is 170 cm³/mol. The molecule has 3 aromatic heterocycles. The minimum absolute atomic E-state index is 1.06. The summed E-state index contributed by atoms with van der Waals surface area (Å²) >= 11 is 0. The second-order valence-corrected chi connectivity index (χ2v) is 10.9. The smallest absolute Gasteiger partial charge is 0.0793 e. The third-order valence-electron chi connectivity index (χ3n) is 8.82. The molecule has 0 bridgehead atoms. The summed E-state index contributed by atoms with van der Waals surface area (Å²) in [7, 11) is 2.23. The molecule has 5 aromatic carbocycles. The third kappa shape index (κ3) is 2.69. The number of hydrogen-bond donors (Lipinski definition) is 0. The van der Waals surface area contributed by atoms with Crippen molar-refractivity contribution in [1.29, 1.82) is 0 Å². The van der Waals surface area contributed by atoms with Gasteiger partial charge in [-0.3, -0.25) is 0 Å². The lowest BCUT2D eigenvalue weighted by Crippen LogP contribution is -2.00. The van der Waals surface area contributed by atoms with Crippen LogP contribution in [-0.4, -0.2) is 13.7 Å². The number of para-hydroxylation sites is 4. The van der Waals surface area contributed by atoms with Gasteiger partial charge in [-0.05, 0) is 49.2 Å². The van der Waals surface area contributed by atoms with E-state index in [2.05, 4.69) is 142 Å². The summed E-state index contributed by atoms with van der Waals surface area (Å²) in [6.45, 7) is 0. The van der Waals surface area contributed by atoms with Crippen molar-refractivity contribution in [3.8, 4) is 5.69 Å². The van der Waals surface area contributed by atoms with Crippen molar-refractivity contribution in [2.45, 2.75) is 12.8 Å². The Kier molecular flexibility index (Phi) is 4.37. The second-order valence-electron chi connectivity index (χ2n) is 10.9. The van der Waals surface area contributed by atoms with Gasteiger partial charge in [0.25, 0.3) is 0 Å². The lowest BCUT2D eigenvalue weighted by Gasteiger charge is -2.14. The molecule has 0 spiro atoms. The van der Waals surface area contributed by atoms with Crippen molar-refractivity contribution < 1.29 is 0 Å². The van der Waals surface area contributed by atoms with Crippen LogP contribution in [0.4, 0.5) is 0 Å². The standard InChI is InChI=1S/C37H27N3/c1-38-29-21-11-8-18-26(29)34-35-32(27-19-9-12-22-30(27)39(35)24-14-4-2-5-15-24)33-28-20-10-13-23-31(28)40(37(33)36(34)38)25-16-6-3-7-17-25/h2,4-6,8-23H,3,7H2,1H3. The number of hydrogen-bond acceptors (Lipinski definition) is 0. The zero-order valence-electron chi connectivity index (χ0n) is 22.3. The number of rotatable bonds is 2. The molecule has 40 heavy (non-hydrogen) atoms. The van der Waals surface area contributed by atoms with E-state index in [0.29, 0.717) is 0 Å². The Balaban J connectivity index is 1.70. The van der Waals surface area contributed by atoms with Crippen LogP contribution in [0.25, 0.3) is 76.8 Å². The molecule has 0 unspecified atom stereocenters. The summed E-state index contributed by atoms with van der Waals surface area (Å²) in [6, 6.07) is 37.6. The van der Waals surface area contributed by atoms with E-state index in [4.69, 9.17) is 0 Å². The van der Waals surface area contributed by atoms with Crippen molar-refractivity contribution in [2.75, 3.05) is 0 Å². The van der Waals surface area contributed by atoms with E-state index in [1.165, 1.54) is 76.8 Å². The summed E-state index contributed by atoms with van der Waals surface area (Å²) in [5.74, 6) is 0. The number of nitrogens with zero attached hydrogens (tertiary/aromatic N) is 3. The summed E-state index contributed by atoms with van der Waals surface area (Å²) in [4.78, 5) is 0. The van der Waals surface area contributed by atoms with E-state index in [0.717, 1.165) is 12.8 Å². The van der Waals surface area contributed by atoms with Crippen molar-refractivity contribution >= 4 is 71.1 Å². The first-order valence-electron chi connectivity index (χ1n) is 14.1. The lowest BCUT2D eigenvalue weighted by molar-refractivity contribution is 1.01. The molecular weight excluding hydrogens is 486 g/mol. The Morgan fingerprint density at radius 2 is 1.07 bits per heavy atom. The first-order valence-corrected chi connectivity index (χ1v) is 14.1. The highest BCUT2D eigenvalue weighted by molar-refractivity contribution is 6.40. The van der Waals surface area contributed by atoms with E-state index >= 15 is 0 Å². The maximum Gasteiger partial charge on any atom is 0.0793 e. The van der Waals surface area contributed by atoms with Gasteiger partial charge in [0, 0.05) is 56.3 Å². The highest BCUT2D eigenvalue weighted by atomic mass is 15.0. The first-order chi connectivity index (χ1) is 19.8. The van der Waals surface area contributed by atoms with Crippen LogP contribution in [0.3, 0.4) is 0 Å². The highest BCUT2D eigenvalue weighted by Gasteiger charge is 2.27. The number of fused-ring (bicyclic) bond motifs is 12. The summed E-state index contributed by atoms with van der Waals surface area (Å²) < 4.78 is 7.43. The van der Waals surface area contributed by atoms with E-state index < -0.39 is 0 Å². The molecule has 0 N–H and O–H groups in total. The molecule has 0 atom stereocenters. The molecule has 9 rings (SSSR count). The predicted octanol–water partition coefficient (Wildman–Crippen LogP) is 9.73. The van der Waals surface area contributed by atoms with E-state index in [1.54, 1.807) is 0 Å². The zero-order valence-corrected chi connectivity index (χ0v) is 22.3. The maximum absolute atomic E-state index is 2.52. The van der Waals surface area contributed by atoms with Gasteiger partial charge in [-0.1, -0.05) is 84.9 Å². The molecule has 0 aliphatic heterocycles. The van der Waals surface area contributed by atoms with E-state index in [9.17, 15) is 0 Å². The van der Waals surface area contributed by atoms with Crippen molar-refractivity contribution in [3.05, 3.63) is 121 Å². The average Bonchev–Trinajstić information content (AvgIpc) is 3.64. The number of allylic oxidation sites excluding steroid dienone is 4. The van der Waals surface area contributed by atoms with Crippen LogP contribution in [-0.2, 0) is 7.05 Å². The van der Waals surface area contributed by atoms with Gasteiger partial charge in [-0.25, -0.2) is 0 Å². The fraction of sp³-hybridized carbons (Fsp3) is 0.0811. The quantitative estimate of drug-likeness (QED) is 0.219. The zero-order chi connectivity index (χ0) is 26.4. The fourth-order valence-electron chi connectivity index (χ4n) is 7.24. The topological polar surface area (TPSA) is 14.8 Å². The van der Waals surface area contributed by atoms with Gasteiger partial charge in [0.15, 0.2) is 0 Å². The van der Waals surface area contributed by atoms with E-state index in [1.807, 2.05) is 0 Å². The molecule has 1 aliphatic rings. The molecule has 190 valence electrons. The number of aryl methyl sites for hydroxylation is 1. The average molecular weight is 514 g/mol. The van der Waals surface area contributed by atoms with Gasteiger partial charge in [0.05, 0.1) is 27.6 Å². The third-order valence-corrected chi connectivity index (χ3v) is 8.82. The molecule has 3 heterocycles. The van der Waals surface area contributed by atoms with Gasteiger partial charge in [-0.2, -0.15) is 0 Å². The van der Waals surface area contributed by atoms with Crippen LogP contribution >= 0.6 is 0 Å². The molecule has 3 nitrogen and oxygen atoms in total. The van der Waals surface area contributed by atoms with Crippen LogP contribution in [0.1, 0.15) is 12.8 Å². The molecule has 1 aliphatic carbocycles. The SMILES string of the molecule is Cn1c2ccccc2c2c1c1c(c3ccccc3n1C1=CCCC=C1)c1c3ccccc3n(-c3ccccc3)c12. The minimum atomic E-state index is 1.06. The number of benzene rings is 5. The molecule has 0 radical (unpaired) electrons. The largest absolute Gasteiger partial charge is 0.342 e. The monoisotopic (exact) mass is 513 g/mol. The maximum atomic E-state index is 2.52. The van der Waals surface area contributed by atoms with Gasteiger partial charge in [-0.15, -0.1) is 0 Å². The van der Waals surface area contributed by atoms with Crippen LogP contribution in [0, 0.1) is 0 Å². The Hall–Kier alpha value is -5.02. The Labute approximate surface area is 231 Å². The van der Waals surface area contributed by atoms with E-state index in [-0.39, 0.29) is 0 Å². The highest BCUT2D eigenvalue weighted by Crippen LogP contribution is 2.49. The molecular formula is C37H27N3. The summed E-state index contributed by atoms with van der Waals surface area (Å²) in [6.07, 6.45) is 9.18. The molecule has 0 saturated heterocycles. The minimum Gasteiger partial charge on any atom is -0.342 e. The molecule has 8 aromatic rings. The Morgan fingerprint density at radius 1 is 0.500 bits per heavy atom. The van der Waals surface area contributed by atoms with Gasteiger partial charge >= 0.3 is 0 Å². The Morgan fingerprint density at radius 3 is 1.75 bits per heavy atom. The fourth-order valence-corrected chi connectivity index (χ4v) is 7.24. The van der Waals surface area contributed by atoms with Crippen molar-refractivity contribution in [2.24, 2.45) is 7.05 Å². The van der Waals surface area contributed by atoms with Gasteiger partial charge in [0.2, 0.25) is 0 Å². The Bertz CT molecular complexity index is 2370. The normalized spacial score (nSPS) is 14.0. The number of aromatic nitrogens is 3. The van der Waals surface area contributed by atoms with Crippen LogP contribution in [0.2, 0.25) is 0 Å². The molecule has 0 fully saturated rings. The second kappa shape index (κ2) is 8.00. The van der Waals surface area contributed by atoms with Crippen LogP contribution < -0.4 is 0 Å². The molecule has 3 heteroatoms. The van der Waals surface area contributed by atoms with Crippen molar-refractivity contribution in [1.82, 2.24) is 13.7 Å². The van der Waals surface area contributed by atoms with Gasteiger partial charge < -0.3 is 13.7 Å². The first kappa shape index (κ1) is 21.9. The summed E-state index contributed by atoms with van der Waals surface area (Å²) in [5, 5.41) is 7.84. The molecule has 0 saturated carbocycles.